The molecule has 138 valence electrons. The molecule has 6 nitrogen and oxygen atoms in total. The molecule has 0 aliphatic carbocycles. The van der Waals surface area contributed by atoms with Crippen LogP contribution in [0.1, 0.15) is 22.3 Å². The SMILES string of the molecule is Cc1cccc(-c2nnc(SCC(=O)c3ccc4c(c3)OCCCO4)o2)c1. The molecule has 0 atom stereocenters. The largest absolute Gasteiger partial charge is 0.490 e. The molecule has 0 spiro atoms. The van der Waals surface area contributed by atoms with E-state index in [9.17, 15) is 4.79 Å². The fraction of sp³-hybridized carbons (Fsp3) is 0.250. The molecular weight excluding hydrogens is 364 g/mol. The van der Waals surface area contributed by atoms with Crippen LogP contribution in [0, 0.1) is 6.92 Å². The minimum absolute atomic E-state index is 0.0362. The van der Waals surface area contributed by atoms with Gasteiger partial charge in [-0.1, -0.05) is 29.5 Å². The molecule has 0 amide bonds. The lowest BCUT2D eigenvalue weighted by Crippen LogP contribution is -2.03. The normalized spacial score (nSPS) is 13.2. The van der Waals surface area contributed by atoms with Gasteiger partial charge in [-0.25, -0.2) is 0 Å². The van der Waals surface area contributed by atoms with Gasteiger partial charge in [-0.2, -0.15) is 0 Å². The molecule has 0 fully saturated rings. The van der Waals surface area contributed by atoms with Gasteiger partial charge >= 0.3 is 0 Å². The smallest absolute Gasteiger partial charge is 0.277 e. The van der Waals surface area contributed by atoms with Gasteiger partial charge in [-0.3, -0.25) is 4.79 Å². The Labute approximate surface area is 160 Å². The van der Waals surface area contributed by atoms with Crippen molar-refractivity contribution in [2.24, 2.45) is 0 Å². The summed E-state index contributed by atoms with van der Waals surface area (Å²) in [5, 5.41) is 8.45. The van der Waals surface area contributed by atoms with Crippen molar-refractivity contribution in [2.45, 2.75) is 18.6 Å². The number of carbonyl (C=O) groups excluding carboxylic acids is 1. The Kier molecular flexibility index (Phi) is 5.11. The summed E-state index contributed by atoms with van der Waals surface area (Å²) >= 11 is 1.22. The predicted molar refractivity (Wildman–Crippen MR) is 102 cm³/mol. The number of nitrogens with zero attached hydrogens (tertiary/aromatic N) is 2. The zero-order chi connectivity index (χ0) is 18.6. The number of ether oxygens (including phenoxy) is 2. The van der Waals surface area contributed by atoms with Crippen molar-refractivity contribution in [3.8, 4) is 23.0 Å². The average molecular weight is 382 g/mol. The minimum atomic E-state index is -0.0362. The molecule has 0 radical (unpaired) electrons. The topological polar surface area (TPSA) is 74.5 Å². The van der Waals surface area contributed by atoms with E-state index in [0.717, 1.165) is 17.5 Å². The summed E-state index contributed by atoms with van der Waals surface area (Å²) in [6.07, 6.45) is 0.828. The second-order valence-electron chi connectivity index (χ2n) is 6.17. The minimum Gasteiger partial charge on any atom is -0.490 e. The first-order chi connectivity index (χ1) is 13.2. The second kappa shape index (κ2) is 7.84. The van der Waals surface area contributed by atoms with Crippen molar-refractivity contribution in [2.75, 3.05) is 19.0 Å². The van der Waals surface area contributed by atoms with Gasteiger partial charge in [0.1, 0.15) is 0 Å². The van der Waals surface area contributed by atoms with Crippen LogP contribution in [0.3, 0.4) is 0 Å². The maximum Gasteiger partial charge on any atom is 0.277 e. The zero-order valence-electron chi connectivity index (χ0n) is 14.8. The van der Waals surface area contributed by atoms with E-state index >= 15 is 0 Å². The van der Waals surface area contributed by atoms with Gasteiger partial charge < -0.3 is 13.9 Å². The molecule has 0 unspecified atom stereocenters. The van der Waals surface area contributed by atoms with Gasteiger partial charge in [0.2, 0.25) is 5.89 Å². The molecule has 4 rings (SSSR count). The van der Waals surface area contributed by atoms with E-state index in [1.54, 1.807) is 18.2 Å². The summed E-state index contributed by atoms with van der Waals surface area (Å²) in [6, 6.07) is 13.1. The molecule has 0 bridgehead atoms. The summed E-state index contributed by atoms with van der Waals surface area (Å²) < 4.78 is 16.9. The second-order valence-corrected chi connectivity index (χ2v) is 7.09. The fourth-order valence-corrected chi connectivity index (χ4v) is 3.37. The summed E-state index contributed by atoms with van der Waals surface area (Å²) in [6.45, 7) is 3.21. The van der Waals surface area contributed by atoms with E-state index in [1.807, 2.05) is 31.2 Å². The highest BCUT2D eigenvalue weighted by Gasteiger charge is 2.16. The van der Waals surface area contributed by atoms with E-state index in [2.05, 4.69) is 10.2 Å². The monoisotopic (exact) mass is 382 g/mol. The van der Waals surface area contributed by atoms with Gasteiger partial charge in [0, 0.05) is 17.5 Å². The lowest BCUT2D eigenvalue weighted by Gasteiger charge is -2.08. The lowest BCUT2D eigenvalue weighted by molar-refractivity contribution is 0.102. The molecule has 0 saturated carbocycles. The van der Waals surface area contributed by atoms with Crippen molar-refractivity contribution < 1.29 is 18.7 Å². The number of aryl methyl sites for hydroxylation is 1. The Morgan fingerprint density at radius 1 is 1.07 bits per heavy atom. The molecule has 2 aromatic carbocycles. The predicted octanol–water partition coefficient (Wildman–Crippen LogP) is 4.18. The van der Waals surface area contributed by atoms with Crippen LogP contribution in [-0.2, 0) is 0 Å². The Balaban J connectivity index is 1.42. The van der Waals surface area contributed by atoms with Gasteiger partial charge in [-0.05, 0) is 37.3 Å². The van der Waals surface area contributed by atoms with Gasteiger partial charge in [0.05, 0.1) is 19.0 Å². The maximum absolute atomic E-state index is 12.5. The first kappa shape index (κ1) is 17.6. The third kappa shape index (κ3) is 4.14. The van der Waals surface area contributed by atoms with Crippen molar-refractivity contribution in [1.82, 2.24) is 10.2 Å². The van der Waals surface area contributed by atoms with Crippen LogP contribution in [-0.4, -0.2) is 34.9 Å². The molecular formula is C20H18N2O4S. The number of benzene rings is 2. The van der Waals surface area contributed by atoms with E-state index in [0.29, 0.717) is 41.4 Å². The van der Waals surface area contributed by atoms with E-state index < -0.39 is 0 Å². The molecule has 7 heteroatoms. The van der Waals surface area contributed by atoms with Gasteiger partial charge in [0.25, 0.3) is 5.22 Å². The van der Waals surface area contributed by atoms with Crippen LogP contribution in [0.25, 0.3) is 11.5 Å². The first-order valence-electron chi connectivity index (χ1n) is 8.65. The first-order valence-corrected chi connectivity index (χ1v) is 9.64. The number of fused-ring (bicyclic) bond motifs is 1. The highest BCUT2D eigenvalue weighted by Crippen LogP contribution is 2.31. The number of hydrogen-bond acceptors (Lipinski definition) is 7. The van der Waals surface area contributed by atoms with E-state index in [-0.39, 0.29) is 11.5 Å². The van der Waals surface area contributed by atoms with E-state index in [4.69, 9.17) is 13.9 Å². The molecule has 3 aromatic rings. The highest BCUT2D eigenvalue weighted by atomic mass is 32.2. The van der Waals surface area contributed by atoms with Crippen molar-refractivity contribution in [1.29, 1.82) is 0 Å². The summed E-state index contributed by atoms with van der Waals surface area (Å²) in [5.74, 6) is 1.91. The van der Waals surface area contributed by atoms with Crippen LogP contribution in [0.4, 0.5) is 0 Å². The number of carbonyl (C=O) groups is 1. The molecule has 0 saturated heterocycles. The van der Waals surface area contributed by atoms with Gasteiger partial charge in [-0.15, -0.1) is 10.2 Å². The Morgan fingerprint density at radius 2 is 1.93 bits per heavy atom. The summed E-state index contributed by atoms with van der Waals surface area (Å²) in [5.41, 5.74) is 2.55. The Morgan fingerprint density at radius 3 is 2.78 bits per heavy atom. The number of ketones is 1. The van der Waals surface area contributed by atoms with Crippen LogP contribution in [0.5, 0.6) is 11.5 Å². The van der Waals surface area contributed by atoms with Crippen LogP contribution >= 0.6 is 11.8 Å². The van der Waals surface area contributed by atoms with Crippen LogP contribution in [0.15, 0.2) is 52.1 Å². The van der Waals surface area contributed by atoms with Crippen molar-refractivity contribution >= 4 is 17.5 Å². The van der Waals surface area contributed by atoms with Crippen LogP contribution < -0.4 is 9.47 Å². The highest BCUT2D eigenvalue weighted by molar-refractivity contribution is 7.99. The third-order valence-corrected chi connectivity index (χ3v) is 4.89. The molecule has 1 aromatic heterocycles. The van der Waals surface area contributed by atoms with E-state index in [1.165, 1.54) is 11.8 Å². The Bertz CT molecular complexity index is 970. The molecule has 2 heterocycles. The van der Waals surface area contributed by atoms with Gasteiger partial charge in [0.15, 0.2) is 17.3 Å². The number of Topliss-reactive ketones (excluding diaryl/α,β-unsaturated/α-hetero) is 1. The summed E-state index contributed by atoms with van der Waals surface area (Å²) in [7, 11) is 0. The van der Waals surface area contributed by atoms with Crippen molar-refractivity contribution in [3.05, 3.63) is 53.6 Å². The number of aromatic nitrogens is 2. The molecule has 1 aliphatic rings. The summed E-state index contributed by atoms with van der Waals surface area (Å²) in [4.78, 5) is 12.5. The standard InChI is InChI=1S/C20H18N2O4S/c1-13-4-2-5-15(10-13)19-21-22-20(26-19)27-12-16(23)14-6-7-17-18(11-14)25-9-3-8-24-17/h2,4-7,10-11H,3,8-9,12H2,1H3. The molecule has 1 aliphatic heterocycles. The quantitative estimate of drug-likeness (QED) is 0.484. The molecule has 0 N–H and O–H groups in total. The van der Waals surface area contributed by atoms with Crippen LogP contribution in [0.2, 0.25) is 0 Å². The third-order valence-electron chi connectivity index (χ3n) is 4.07. The maximum atomic E-state index is 12.5. The van der Waals surface area contributed by atoms with Crippen molar-refractivity contribution in [3.63, 3.8) is 0 Å². The fourth-order valence-electron chi connectivity index (χ4n) is 2.71. The number of rotatable bonds is 5. The zero-order valence-corrected chi connectivity index (χ0v) is 15.6. The average Bonchev–Trinajstić information content (AvgIpc) is 3.03. The lowest BCUT2D eigenvalue weighted by atomic mass is 10.1. The number of hydrogen-bond donors (Lipinski definition) is 0. The molecule has 27 heavy (non-hydrogen) atoms. The number of thioether (sulfide) groups is 1. The Hall–Kier alpha value is -2.80.